The molecule has 102 valence electrons. The summed E-state index contributed by atoms with van der Waals surface area (Å²) in [5.74, 6) is 1.58. The maximum absolute atomic E-state index is 5.71. The zero-order valence-corrected chi connectivity index (χ0v) is 11.5. The zero-order chi connectivity index (χ0) is 13.2. The van der Waals surface area contributed by atoms with Gasteiger partial charge in [0.1, 0.15) is 12.1 Å². The summed E-state index contributed by atoms with van der Waals surface area (Å²) < 4.78 is 10.7. The van der Waals surface area contributed by atoms with Crippen LogP contribution in [0.1, 0.15) is 32.3 Å². The molecule has 0 atom stereocenters. The summed E-state index contributed by atoms with van der Waals surface area (Å²) in [5.41, 5.74) is 1.07. The molecule has 18 heavy (non-hydrogen) atoms. The normalized spacial score (nSPS) is 10.4. The molecule has 0 spiro atoms. The molecule has 1 N–H and O–H groups in total. The molecular weight excluding hydrogens is 230 g/mol. The van der Waals surface area contributed by atoms with Crippen LogP contribution in [0.15, 0.2) is 6.33 Å². The first-order valence-corrected chi connectivity index (χ1v) is 6.52. The molecule has 1 rings (SSSR count). The van der Waals surface area contributed by atoms with E-state index in [1.54, 1.807) is 13.4 Å². The summed E-state index contributed by atoms with van der Waals surface area (Å²) in [6.07, 6.45) is 4.37. The van der Waals surface area contributed by atoms with Gasteiger partial charge in [0.25, 0.3) is 0 Å². The lowest BCUT2D eigenvalue weighted by Gasteiger charge is -2.13. The smallest absolute Gasteiger partial charge is 0.221 e. The fraction of sp³-hybridized carbons (Fsp3) is 0.692. The van der Waals surface area contributed by atoms with Gasteiger partial charge in [0.05, 0.1) is 12.2 Å². The molecule has 0 aliphatic carbocycles. The molecule has 1 aromatic rings. The molecule has 0 aliphatic heterocycles. The Morgan fingerprint density at radius 2 is 2.06 bits per heavy atom. The minimum Gasteiger partial charge on any atom is -0.477 e. The molecule has 1 aromatic heterocycles. The molecule has 1 heterocycles. The van der Waals surface area contributed by atoms with Crippen LogP contribution in [0.5, 0.6) is 5.88 Å². The van der Waals surface area contributed by atoms with Crippen molar-refractivity contribution in [2.45, 2.75) is 33.1 Å². The van der Waals surface area contributed by atoms with Crippen molar-refractivity contribution in [3.05, 3.63) is 11.9 Å². The quantitative estimate of drug-likeness (QED) is 0.684. The van der Waals surface area contributed by atoms with Crippen LogP contribution >= 0.6 is 0 Å². The Morgan fingerprint density at radius 1 is 1.22 bits per heavy atom. The van der Waals surface area contributed by atoms with Crippen LogP contribution in [0.2, 0.25) is 0 Å². The van der Waals surface area contributed by atoms with E-state index in [1.165, 1.54) is 0 Å². The van der Waals surface area contributed by atoms with Gasteiger partial charge in [0, 0.05) is 26.7 Å². The number of hydrogen-bond donors (Lipinski definition) is 1. The van der Waals surface area contributed by atoms with Crippen molar-refractivity contribution in [1.82, 2.24) is 9.97 Å². The average molecular weight is 253 g/mol. The molecular formula is C13H23N3O2. The van der Waals surface area contributed by atoms with Crippen molar-refractivity contribution >= 4 is 5.82 Å². The van der Waals surface area contributed by atoms with E-state index in [-0.39, 0.29) is 0 Å². The molecule has 0 unspecified atom stereocenters. The predicted molar refractivity (Wildman–Crippen MR) is 72.2 cm³/mol. The van der Waals surface area contributed by atoms with Gasteiger partial charge in [-0.1, -0.05) is 13.3 Å². The van der Waals surface area contributed by atoms with E-state index < -0.39 is 0 Å². The lowest BCUT2D eigenvalue weighted by molar-refractivity contribution is 0.170. The van der Waals surface area contributed by atoms with E-state index in [2.05, 4.69) is 29.1 Å². The highest BCUT2D eigenvalue weighted by Crippen LogP contribution is 2.23. The van der Waals surface area contributed by atoms with Crippen molar-refractivity contribution in [3.8, 4) is 5.88 Å². The number of nitrogens with zero attached hydrogens (tertiary/aromatic N) is 2. The van der Waals surface area contributed by atoms with E-state index in [0.29, 0.717) is 19.1 Å². The van der Waals surface area contributed by atoms with Crippen molar-refractivity contribution in [3.63, 3.8) is 0 Å². The van der Waals surface area contributed by atoms with Gasteiger partial charge in [0.2, 0.25) is 5.88 Å². The fourth-order valence-electron chi connectivity index (χ4n) is 1.69. The SMILES string of the molecule is CCCc1c(NCC)ncnc1OCCCOC. The second kappa shape index (κ2) is 8.69. The van der Waals surface area contributed by atoms with E-state index in [0.717, 1.165) is 37.2 Å². The Bertz CT molecular complexity index is 345. The highest BCUT2D eigenvalue weighted by molar-refractivity contribution is 5.48. The Kier molecular flexibility index (Phi) is 7.10. The monoisotopic (exact) mass is 253 g/mol. The van der Waals surface area contributed by atoms with Crippen LogP contribution in [0.25, 0.3) is 0 Å². The fourth-order valence-corrected chi connectivity index (χ4v) is 1.69. The number of rotatable bonds is 9. The van der Waals surface area contributed by atoms with Gasteiger partial charge in [-0.2, -0.15) is 0 Å². The molecule has 0 aromatic carbocycles. The highest BCUT2D eigenvalue weighted by atomic mass is 16.5. The van der Waals surface area contributed by atoms with E-state index in [4.69, 9.17) is 9.47 Å². The topological polar surface area (TPSA) is 56.3 Å². The van der Waals surface area contributed by atoms with E-state index in [9.17, 15) is 0 Å². The molecule has 0 fully saturated rings. The molecule has 0 saturated heterocycles. The van der Waals surface area contributed by atoms with Crippen molar-refractivity contribution in [2.24, 2.45) is 0 Å². The molecule has 5 nitrogen and oxygen atoms in total. The first kappa shape index (κ1) is 14.7. The summed E-state index contributed by atoms with van der Waals surface area (Å²) in [6.45, 7) is 6.35. The first-order chi connectivity index (χ1) is 8.83. The summed E-state index contributed by atoms with van der Waals surface area (Å²) in [7, 11) is 1.69. The Balaban J connectivity index is 2.71. The van der Waals surface area contributed by atoms with Gasteiger partial charge < -0.3 is 14.8 Å². The number of aromatic nitrogens is 2. The van der Waals surface area contributed by atoms with Crippen LogP contribution in [0.4, 0.5) is 5.82 Å². The molecule has 0 radical (unpaired) electrons. The lowest BCUT2D eigenvalue weighted by Crippen LogP contribution is -2.09. The Labute approximate surface area is 109 Å². The van der Waals surface area contributed by atoms with Crippen LogP contribution in [0, 0.1) is 0 Å². The van der Waals surface area contributed by atoms with Crippen LogP contribution in [-0.2, 0) is 11.2 Å². The third-order valence-corrected chi connectivity index (χ3v) is 2.48. The van der Waals surface area contributed by atoms with Gasteiger partial charge in [-0.05, 0) is 13.3 Å². The summed E-state index contributed by atoms with van der Waals surface area (Å²) in [4.78, 5) is 8.49. The zero-order valence-electron chi connectivity index (χ0n) is 11.5. The van der Waals surface area contributed by atoms with Gasteiger partial charge >= 0.3 is 0 Å². The van der Waals surface area contributed by atoms with Crippen molar-refractivity contribution < 1.29 is 9.47 Å². The standard InChI is InChI=1S/C13H23N3O2/c1-4-7-11-12(14-5-2)15-10-16-13(11)18-9-6-8-17-3/h10H,4-9H2,1-3H3,(H,14,15,16). The van der Waals surface area contributed by atoms with Gasteiger partial charge in [-0.15, -0.1) is 0 Å². The van der Waals surface area contributed by atoms with Crippen molar-refractivity contribution in [1.29, 1.82) is 0 Å². The van der Waals surface area contributed by atoms with Crippen LogP contribution in [-0.4, -0.2) is 36.8 Å². The maximum Gasteiger partial charge on any atom is 0.221 e. The first-order valence-electron chi connectivity index (χ1n) is 6.52. The third kappa shape index (κ3) is 4.49. The molecule has 0 aliphatic rings. The number of methoxy groups -OCH3 is 1. The van der Waals surface area contributed by atoms with Gasteiger partial charge in [-0.3, -0.25) is 0 Å². The summed E-state index contributed by atoms with van der Waals surface area (Å²) >= 11 is 0. The lowest BCUT2D eigenvalue weighted by atomic mass is 10.1. The van der Waals surface area contributed by atoms with E-state index >= 15 is 0 Å². The second-order valence-electron chi connectivity index (χ2n) is 3.98. The second-order valence-corrected chi connectivity index (χ2v) is 3.98. The van der Waals surface area contributed by atoms with Crippen LogP contribution in [0.3, 0.4) is 0 Å². The Morgan fingerprint density at radius 3 is 2.72 bits per heavy atom. The van der Waals surface area contributed by atoms with E-state index in [1.807, 2.05) is 0 Å². The largest absolute Gasteiger partial charge is 0.477 e. The van der Waals surface area contributed by atoms with Crippen molar-refractivity contribution in [2.75, 3.05) is 32.2 Å². The number of ether oxygens (including phenoxy) is 2. The summed E-state index contributed by atoms with van der Waals surface area (Å²) in [5, 5.41) is 3.25. The predicted octanol–water partition coefficient (Wildman–Crippen LogP) is 2.28. The van der Waals surface area contributed by atoms with Gasteiger partial charge in [0.15, 0.2) is 0 Å². The van der Waals surface area contributed by atoms with Crippen LogP contribution < -0.4 is 10.1 Å². The number of hydrogen-bond acceptors (Lipinski definition) is 5. The number of anilines is 1. The number of nitrogens with one attached hydrogen (secondary N) is 1. The molecule has 0 saturated carbocycles. The summed E-state index contributed by atoms with van der Waals surface area (Å²) in [6, 6.07) is 0. The minimum absolute atomic E-state index is 0.618. The molecule has 0 bridgehead atoms. The van der Waals surface area contributed by atoms with Gasteiger partial charge in [-0.25, -0.2) is 9.97 Å². The highest BCUT2D eigenvalue weighted by Gasteiger charge is 2.11. The average Bonchev–Trinajstić information content (AvgIpc) is 2.38. The third-order valence-electron chi connectivity index (χ3n) is 2.48. The maximum atomic E-state index is 5.71. The Hall–Kier alpha value is -1.36. The molecule has 5 heteroatoms. The molecule has 0 amide bonds. The minimum atomic E-state index is 0.618.